The van der Waals surface area contributed by atoms with Crippen molar-refractivity contribution in [1.82, 2.24) is 19.8 Å². The minimum absolute atomic E-state index is 0.240. The highest BCUT2D eigenvalue weighted by atomic mass is 35.5. The SMILES string of the molecule is Cc1cc(NC(=O)C(C)Sc2nnc3c(Cl)cc(Cl)cn23)on1. The first kappa shape index (κ1) is 16.1. The standard InChI is InChI=1S/C13H11Cl2N5O2S/c1-6-3-10(22-19-6)16-12(21)7(2)23-13-18-17-11-9(15)4-8(14)5-20(11)13/h3-5,7H,1-2H3,(H,16,21). The van der Waals surface area contributed by atoms with Gasteiger partial charge in [0.2, 0.25) is 11.8 Å². The zero-order valence-corrected chi connectivity index (χ0v) is 14.4. The third-order valence-corrected chi connectivity index (χ3v) is 4.46. The molecule has 10 heteroatoms. The zero-order chi connectivity index (χ0) is 16.6. The summed E-state index contributed by atoms with van der Waals surface area (Å²) in [6.45, 7) is 3.52. The quantitative estimate of drug-likeness (QED) is 0.706. The van der Waals surface area contributed by atoms with Crippen molar-refractivity contribution in [1.29, 1.82) is 0 Å². The zero-order valence-electron chi connectivity index (χ0n) is 12.1. The molecular formula is C13H11Cl2N5O2S. The molecule has 3 aromatic rings. The number of nitrogens with one attached hydrogen (secondary N) is 1. The van der Waals surface area contributed by atoms with Crippen molar-refractivity contribution >= 4 is 52.4 Å². The molecule has 0 fully saturated rings. The van der Waals surface area contributed by atoms with E-state index in [1.165, 1.54) is 11.8 Å². The molecule has 0 saturated heterocycles. The van der Waals surface area contributed by atoms with Gasteiger partial charge in [-0.3, -0.25) is 14.5 Å². The number of halogens is 2. The molecule has 0 spiro atoms. The van der Waals surface area contributed by atoms with Gasteiger partial charge in [0.05, 0.1) is 21.0 Å². The average molecular weight is 372 g/mol. The number of rotatable bonds is 4. The minimum atomic E-state index is -0.439. The van der Waals surface area contributed by atoms with Gasteiger partial charge in [-0.1, -0.05) is 40.1 Å². The Morgan fingerprint density at radius 1 is 1.39 bits per heavy atom. The lowest BCUT2D eigenvalue weighted by atomic mass is 10.4. The Morgan fingerprint density at radius 3 is 2.87 bits per heavy atom. The molecule has 23 heavy (non-hydrogen) atoms. The summed E-state index contributed by atoms with van der Waals surface area (Å²) < 4.78 is 6.61. The molecule has 1 N–H and O–H groups in total. The number of carbonyl (C=O) groups excluding carboxylic acids is 1. The van der Waals surface area contributed by atoms with E-state index >= 15 is 0 Å². The number of anilines is 1. The number of hydrogen-bond acceptors (Lipinski definition) is 6. The normalized spacial score (nSPS) is 12.5. The van der Waals surface area contributed by atoms with E-state index in [4.69, 9.17) is 27.7 Å². The van der Waals surface area contributed by atoms with Gasteiger partial charge in [-0.05, 0) is 19.9 Å². The van der Waals surface area contributed by atoms with E-state index in [2.05, 4.69) is 20.7 Å². The van der Waals surface area contributed by atoms with E-state index in [9.17, 15) is 4.79 Å². The van der Waals surface area contributed by atoms with Gasteiger partial charge in [-0.25, -0.2) is 0 Å². The van der Waals surface area contributed by atoms with Crippen LogP contribution in [0.15, 0.2) is 28.0 Å². The summed E-state index contributed by atoms with van der Waals surface area (Å²) in [7, 11) is 0. The van der Waals surface area contributed by atoms with Gasteiger partial charge in [-0.2, -0.15) is 0 Å². The van der Waals surface area contributed by atoms with Crippen molar-refractivity contribution in [2.45, 2.75) is 24.3 Å². The number of carbonyl (C=O) groups is 1. The lowest BCUT2D eigenvalue weighted by Crippen LogP contribution is -2.22. The van der Waals surface area contributed by atoms with E-state index in [0.29, 0.717) is 32.4 Å². The summed E-state index contributed by atoms with van der Waals surface area (Å²) in [5.74, 6) is 0.0631. The first-order valence-electron chi connectivity index (χ1n) is 6.54. The van der Waals surface area contributed by atoms with Crippen LogP contribution in [0.25, 0.3) is 5.65 Å². The van der Waals surface area contributed by atoms with Crippen LogP contribution in [0.1, 0.15) is 12.6 Å². The summed E-state index contributed by atoms with van der Waals surface area (Å²) >= 11 is 13.3. The number of thioether (sulfide) groups is 1. The molecule has 0 radical (unpaired) electrons. The molecule has 0 bridgehead atoms. The fraction of sp³-hybridized carbons (Fsp3) is 0.231. The van der Waals surface area contributed by atoms with Crippen molar-refractivity contribution in [3.8, 4) is 0 Å². The van der Waals surface area contributed by atoms with Crippen LogP contribution >= 0.6 is 35.0 Å². The monoisotopic (exact) mass is 371 g/mol. The van der Waals surface area contributed by atoms with Gasteiger partial charge in [-0.15, -0.1) is 10.2 Å². The maximum Gasteiger partial charge on any atom is 0.240 e. The number of hydrogen-bond donors (Lipinski definition) is 1. The van der Waals surface area contributed by atoms with Crippen LogP contribution in [0.3, 0.4) is 0 Å². The van der Waals surface area contributed by atoms with Crippen molar-refractivity contribution < 1.29 is 9.32 Å². The molecule has 0 aliphatic carbocycles. The second kappa shape index (κ2) is 6.38. The summed E-state index contributed by atoms with van der Waals surface area (Å²) in [6.07, 6.45) is 1.65. The van der Waals surface area contributed by atoms with Crippen LogP contribution in [-0.2, 0) is 4.79 Å². The predicted octanol–water partition coefficient (Wildman–Crippen LogP) is 3.45. The Labute approximate surface area is 145 Å². The van der Waals surface area contributed by atoms with Crippen LogP contribution in [0, 0.1) is 6.92 Å². The van der Waals surface area contributed by atoms with Crippen LogP contribution < -0.4 is 5.32 Å². The lowest BCUT2D eigenvalue weighted by Gasteiger charge is -2.09. The summed E-state index contributed by atoms with van der Waals surface area (Å²) in [5, 5.41) is 15.3. The number of amides is 1. The molecule has 3 heterocycles. The van der Waals surface area contributed by atoms with E-state index < -0.39 is 5.25 Å². The number of fused-ring (bicyclic) bond motifs is 1. The summed E-state index contributed by atoms with van der Waals surface area (Å²) in [6, 6.07) is 3.23. The second-order valence-corrected chi connectivity index (χ2v) is 6.92. The van der Waals surface area contributed by atoms with Crippen molar-refractivity contribution in [2.75, 3.05) is 5.32 Å². The smallest absolute Gasteiger partial charge is 0.240 e. The Morgan fingerprint density at radius 2 is 2.17 bits per heavy atom. The first-order valence-corrected chi connectivity index (χ1v) is 8.18. The van der Waals surface area contributed by atoms with Crippen LogP contribution in [0.5, 0.6) is 0 Å². The molecule has 0 saturated carbocycles. The highest BCUT2D eigenvalue weighted by Crippen LogP contribution is 2.27. The van der Waals surface area contributed by atoms with Gasteiger partial charge >= 0.3 is 0 Å². The van der Waals surface area contributed by atoms with Crippen LogP contribution in [0.4, 0.5) is 5.88 Å². The predicted molar refractivity (Wildman–Crippen MR) is 88.2 cm³/mol. The van der Waals surface area contributed by atoms with E-state index in [1.807, 2.05) is 0 Å². The maximum absolute atomic E-state index is 12.2. The molecule has 0 aliphatic heterocycles. The number of pyridine rings is 1. The number of aryl methyl sites for hydroxylation is 1. The Kier molecular flexibility index (Phi) is 4.47. The molecule has 120 valence electrons. The van der Waals surface area contributed by atoms with Crippen LogP contribution in [-0.4, -0.2) is 30.9 Å². The Bertz CT molecular complexity index is 879. The van der Waals surface area contributed by atoms with E-state index in [-0.39, 0.29) is 5.91 Å². The number of nitrogens with zero attached hydrogens (tertiary/aromatic N) is 4. The molecule has 1 atom stereocenters. The summed E-state index contributed by atoms with van der Waals surface area (Å²) in [4.78, 5) is 12.2. The highest BCUT2D eigenvalue weighted by molar-refractivity contribution is 8.00. The average Bonchev–Trinajstić information content (AvgIpc) is 3.06. The largest absolute Gasteiger partial charge is 0.338 e. The molecule has 1 amide bonds. The third-order valence-electron chi connectivity index (χ3n) is 2.92. The third kappa shape index (κ3) is 3.44. The van der Waals surface area contributed by atoms with Crippen LogP contribution in [0.2, 0.25) is 10.0 Å². The Balaban J connectivity index is 1.77. The molecule has 7 nitrogen and oxygen atoms in total. The molecule has 1 unspecified atom stereocenters. The van der Waals surface area contributed by atoms with E-state index in [1.54, 1.807) is 36.6 Å². The Hall–Kier alpha value is -1.77. The fourth-order valence-electron chi connectivity index (χ4n) is 1.84. The molecule has 3 aromatic heterocycles. The van der Waals surface area contributed by atoms with Gasteiger partial charge < -0.3 is 4.52 Å². The topological polar surface area (TPSA) is 85.3 Å². The summed E-state index contributed by atoms with van der Waals surface area (Å²) in [5.41, 5.74) is 1.17. The number of aromatic nitrogens is 4. The molecule has 3 rings (SSSR count). The highest BCUT2D eigenvalue weighted by Gasteiger charge is 2.20. The fourth-order valence-corrected chi connectivity index (χ4v) is 3.17. The molecular weight excluding hydrogens is 361 g/mol. The van der Waals surface area contributed by atoms with Crippen molar-refractivity contribution in [2.24, 2.45) is 0 Å². The van der Waals surface area contributed by atoms with Gasteiger partial charge in [0.25, 0.3) is 0 Å². The molecule has 0 aliphatic rings. The van der Waals surface area contributed by atoms with Crippen molar-refractivity contribution in [3.05, 3.63) is 34.1 Å². The van der Waals surface area contributed by atoms with Gasteiger partial charge in [0, 0.05) is 12.3 Å². The lowest BCUT2D eigenvalue weighted by molar-refractivity contribution is -0.115. The van der Waals surface area contributed by atoms with Gasteiger partial charge in [0.1, 0.15) is 0 Å². The second-order valence-electron chi connectivity index (χ2n) is 4.76. The van der Waals surface area contributed by atoms with Gasteiger partial charge in [0.15, 0.2) is 10.8 Å². The molecule has 0 aromatic carbocycles. The van der Waals surface area contributed by atoms with E-state index in [0.717, 1.165) is 0 Å². The minimum Gasteiger partial charge on any atom is -0.338 e. The maximum atomic E-state index is 12.2. The van der Waals surface area contributed by atoms with Crippen molar-refractivity contribution in [3.63, 3.8) is 0 Å². The first-order chi connectivity index (χ1) is 10.9.